The molecule has 0 radical (unpaired) electrons. The molecular weight excluding hydrogens is 395 g/mol. The van der Waals surface area contributed by atoms with Crippen LogP contribution in [0.1, 0.15) is 24.6 Å². The predicted octanol–water partition coefficient (Wildman–Crippen LogP) is 4.80. The quantitative estimate of drug-likeness (QED) is 0.504. The fraction of sp³-hybridized carbons (Fsp3) is 0.250. The topological polar surface area (TPSA) is 60.7 Å². The van der Waals surface area contributed by atoms with Gasteiger partial charge in [-0.1, -0.05) is 6.07 Å². The number of rotatable bonds is 5. The van der Waals surface area contributed by atoms with Gasteiger partial charge in [0.2, 0.25) is 5.82 Å². The minimum atomic E-state index is -0.522. The Labute approximate surface area is 179 Å². The largest absolute Gasteiger partial charge is 0.494 e. The van der Waals surface area contributed by atoms with Crippen LogP contribution in [0.25, 0.3) is 16.8 Å². The summed E-state index contributed by atoms with van der Waals surface area (Å²) in [7, 11) is 1.43. The van der Waals surface area contributed by atoms with Crippen LogP contribution in [0, 0.1) is 5.82 Å². The van der Waals surface area contributed by atoms with Gasteiger partial charge >= 0.3 is 0 Å². The highest BCUT2D eigenvalue weighted by Gasteiger charge is 2.22. The second-order valence-electron chi connectivity index (χ2n) is 7.59. The lowest BCUT2D eigenvalue weighted by Crippen LogP contribution is -2.29. The smallest absolute Gasteiger partial charge is 0.207 e. The molecule has 7 heteroatoms. The summed E-state index contributed by atoms with van der Waals surface area (Å²) in [6.45, 7) is 1.99. The zero-order valence-corrected chi connectivity index (χ0v) is 17.2. The molecule has 0 bridgehead atoms. The van der Waals surface area contributed by atoms with Crippen molar-refractivity contribution in [1.29, 1.82) is 0 Å². The molecule has 158 valence electrons. The number of imidazole rings is 1. The minimum absolute atomic E-state index is 0.121. The van der Waals surface area contributed by atoms with Crippen LogP contribution in [0.4, 0.5) is 4.39 Å². The van der Waals surface area contributed by atoms with Gasteiger partial charge in [0.1, 0.15) is 11.6 Å². The number of halogens is 1. The highest BCUT2D eigenvalue weighted by Crippen LogP contribution is 2.33. The molecule has 2 aromatic carbocycles. The third-order valence-corrected chi connectivity index (χ3v) is 5.64. The number of aromatic nitrogens is 3. The van der Waals surface area contributed by atoms with Crippen LogP contribution in [0.2, 0.25) is 0 Å². The van der Waals surface area contributed by atoms with E-state index in [1.165, 1.54) is 7.11 Å². The van der Waals surface area contributed by atoms with Gasteiger partial charge in [-0.2, -0.15) is 4.39 Å². The van der Waals surface area contributed by atoms with E-state index in [1.54, 1.807) is 24.4 Å². The van der Waals surface area contributed by atoms with Crippen LogP contribution in [0.5, 0.6) is 17.2 Å². The first-order valence-electron chi connectivity index (χ1n) is 10.4. The van der Waals surface area contributed by atoms with Gasteiger partial charge in [0.15, 0.2) is 11.5 Å². The van der Waals surface area contributed by atoms with E-state index < -0.39 is 5.82 Å². The Morgan fingerprint density at radius 2 is 1.97 bits per heavy atom. The fourth-order valence-corrected chi connectivity index (χ4v) is 4.07. The van der Waals surface area contributed by atoms with E-state index in [-0.39, 0.29) is 11.5 Å². The van der Waals surface area contributed by atoms with Crippen molar-refractivity contribution in [2.75, 3.05) is 20.2 Å². The van der Waals surface area contributed by atoms with Crippen LogP contribution in [-0.4, -0.2) is 34.6 Å². The van der Waals surface area contributed by atoms with Crippen molar-refractivity contribution in [3.63, 3.8) is 0 Å². The maximum Gasteiger partial charge on any atom is 0.207 e. The summed E-state index contributed by atoms with van der Waals surface area (Å²) in [6.07, 6.45) is 7.87. The molecule has 5 rings (SSSR count). The number of hydrogen-bond acceptors (Lipinski definition) is 5. The van der Waals surface area contributed by atoms with E-state index in [4.69, 9.17) is 14.5 Å². The fourth-order valence-electron chi connectivity index (χ4n) is 4.07. The van der Waals surface area contributed by atoms with Gasteiger partial charge in [0.05, 0.1) is 24.5 Å². The third kappa shape index (κ3) is 3.72. The van der Waals surface area contributed by atoms with Crippen molar-refractivity contribution >= 4 is 5.52 Å². The Morgan fingerprint density at radius 3 is 2.74 bits per heavy atom. The molecular formula is C24H23FN4O2. The predicted molar refractivity (Wildman–Crippen MR) is 116 cm³/mol. The SMILES string of the molecule is COc1cccc(Oc2ccc(-c3nc([C@H]4CCCNC4)n4ccncc34)cc2)c1F. The molecule has 1 aliphatic heterocycles. The zero-order valence-electron chi connectivity index (χ0n) is 17.2. The molecule has 1 atom stereocenters. The van der Waals surface area contributed by atoms with E-state index in [1.807, 2.05) is 36.7 Å². The van der Waals surface area contributed by atoms with Gasteiger partial charge in [-0.15, -0.1) is 0 Å². The number of ether oxygens (including phenoxy) is 2. The first-order chi connectivity index (χ1) is 15.2. The Bertz CT molecular complexity index is 1200. The van der Waals surface area contributed by atoms with Crippen molar-refractivity contribution in [2.24, 2.45) is 0 Å². The molecule has 0 saturated carbocycles. The van der Waals surface area contributed by atoms with Crippen LogP contribution in [-0.2, 0) is 0 Å². The minimum Gasteiger partial charge on any atom is -0.494 e. The maximum absolute atomic E-state index is 14.4. The summed E-state index contributed by atoms with van der Waals surface area (Å²) in [5, 5.41) is 3.47. The van der Waals surface area contributed by atoms with Crippen LogP contribution < -0.4 is 14.8 Å². The first-order valence-corrected chi connectivity index (χ1v) is 10.4. The molecule has 31 heavy (non-hydrogen) atoms. The molecule has 1 fully saturated rings. The van der Waals surface area contributed by atoms with E-state index in [0.29, 0.717) is 11.7 Å². The lowest BCUT2D eigenvalue weighted by atomic mass is 9.99. The number of hydrogen-bond donors (Lipinski definition) is 1. The summed E-state index contributed by atoms with van der Waals surface area (Å²) < 4.78 is 27.3. The van der Waals surface area contributed by atoms with Crippen molar-refractivity contribution < 1.29 is 13.9 Å². The van der Waals surface area contributed by atoms with Gasteiger partial charge in [0.25, 0.3) is 0 Å². The number of piperidine rings is 1. The average Bonchev–Trinajstić information content (AvgIpc) is 3.21. The van der Waals surface area contributed by atoms with Gasteiger partial charge in [-0.3, -0.25) is 9.38 Å². The molecule has 0 unspecified atom stereocenters. The first kappa shape index (κ1) is 19.5. The number of benzene rings is 2. The summed E-state index contributed by atoms with van der Waals surface area (Å²) in [4.78, 5) is 9.30. The number of fused-ring (bicyclic) bond motifs is 1. The summed E-state index contributed by atoms with van der Waals surface area (Å²) in [5.74, 6) is 1.71. The zero-order chi connectivity index (χ0) is 21.2. The lowest BCUT2D eigenvalue weighted by molar-refractivity contribution is 0.368. The van der Waals surface area contributed by atoms with Crippen molar-refractivity contribution in [2.45, 2.75) is 18.8 Å². The second kappa shape index (κ2) is 8.35. The molecule has 1 aliphatic rings. The third-order valence-electron chi connectivity index (χ3n) is 5.64. The van der Waals surface area contributed by atoms with Crippen LogP contribution in [0.15, 0.2) is 61.1 Å². The lowest BCUT2D eigenvalue weighted by Gasteiger charge is -2.21. The molecule has 3 heterocycles. The van der Waals surface area contributed by atoms with Crippen LogP contribution >= 0.6 is 0 Å². The standard InChI is InChI=1S/C24H23FN4O2/c1-30-20-5-2-6-21(22(20)25)31-18-9-7-16(8-10-18)23-19-15-27-12-13-29(19)24(28-23)17-4-3-11-26-14-17/h2,5-10,12-13,15,17,26H,3-4,11,14H2,1H3/t17-/m0/s1. The monoisotopic (exact) mass is 418 g/mol. The number of nitrogens with one attached hydrogen (secondary N) is 1. The van der Waals surface area contributed by atoms with E-state index in [9.17, 15) is 4.39 Å². The van der Waals surface area contributed by atoms with E-state index >= 15 is 0 Å². The van der Waals surface area contributed by atoms with E-state index in [0.717, 1.165) is 48.5 Å². The Hall–Kier alpha value is -3.45. The summed E-state index contributed by atoms with van der Waals surface area (Å²) in [5.41, 5.74) is 2.81. The molecule has 0 aliphatic carbocycles. The number of nitrogens with zero attached hydrogens (tertiary/aromatic N) is 3. The highest BCUT2D eigenvalue weighted by atomic mass is 19.1. The van der Waals surface area contributed by atoms with Crippen molar-refractivity contribution in [1.82, 2.24) is 19.7 Å². The highest BCUT2D eigenvalue weighted by molar-refractivity contribution is 5.77. The van der Waals surface area contributed by atoms with Gasteiger partial charge in [-0.25, -0.2) is 4.98 Å². The molecule has 4 aromatic rings. The van der Waals surface area contributed by atoms with Crippen LogP contribution in [0.3, 0.4) is 0 Å². The van der Waals surface area contributed by atoms with E-state index in [2.05, 4.69) is 14.7 Å². The van der Waals surface area contributed by atoms with Gasteiger partial charge < -0.3 is 14.8 Å². The molecule has 1 N–H and O–H groups in total. The Balaban J connectivity index is 1.46. The van der Waals surface area contributed by atoms with Crippen molar-refractivity contribution in [3.8, 4) is 28.5 Å². The number of methoxy groups -OCH3 is 1. The van der Waals surface area contributed by atoms with Gasteiger partial charge in [0, 0.05) is 30.4 Å². The molecule has 1 saturated heterocycles. The Morgan fingerprint density at radius 1 is 1.13 bits per heavy atom. The van der Waals surface area contributed by atoms with Crippen molar-refractivity contribution in [3.05, 3.63) is 72.7 Å². The Kier molecular flexibility index (Phi) is 5.26. The molecule has 0 spiro atoms. The maximum atomic E-state index is 14.4. The average molecular weight is 418 g/mol. The molecule has 6 nitrogen and oxygen atoms in total. The van der Waals surface area contributed by atoms with Gasteiger partial charge in [-0.05, 0) is 55.8 Å². The summed E-state index contributed by atoms with van der Waals surface area (Å²) >= 11 is 0. The second-order valence-corrected chi connectivity index (χ2v) is 7.59. The summed E-state index contributed by atoms with van der Waals surface area (Å²) in [6, 6.07) is 12.3. The molecule has 2 aromatic heterocycles. The molecule has 0 amide bonds. The normalized spacial score (nSPS) is 16.4.